The van der Waals surface area contributed by atoms with Crippen molar-refractivity contribution in [3.8, 4) is 5.75 Å². The molecule has 0 saturated heterocycles. The lowest BCUT2D eigenvalue weighted by atomic mass is 10.1. The Morgan fingerprint density at radius 2 is 1.78 bits per heavy atom. The number of anilines is 1. The van der Waals surface area contributed by atoms with Gasteiger partial charge in [-0.25, -0.2) is 18.4 Å². The Balaban J connectivity index is 1.89. The van der Waals surface area contributed by atoms with E-state index in [1.54, 1.807) is 18.2 Å². The van der Waals surface area contributed by atoms with Crippen molar-refractivity contribution in [2.24, 2.45) is 0 Å². The van der Waals surface area contributed by atoms with E-state index in [9.17, 15) is 17.2 Å². The molecule has 142 valence electrons. The van der Waals surface area contributed by atoms with Gasteiger partial charge in [-0.2, -0.15) is 8.78 Å². The molecule has 0 amide bonds. The zero-order chi connectivity index (χ0) is 19.6. The van der Waals surface area contributed by atoms with Crippen LogP contribution in [0.15, 0.2) is 53.7 Å². The van der Waals surface area contributed by atoms with E-state index in [0.717, 1.165) is 11.8 Å². The van der Waals surface area contributed by atoms with E-state index < -0.39 is 16.4 Å². The summed E-state index contributed by atoms with van der Waals surface area (Å²) < 4.78 is 52.4. The molecule has 0 aliphatic carbocycles. The zero-order valence-corrected chi connectivity index (χ0v) is 15.4. The van der Waals surface area contributed by atoms with Crippen LogP contribution in [0, 0.1) is 0 Å². The molecule has 3 aromatic rings. The summed E-state index contributed by atoms with van der Waals surface area (Å²) in [6.45, 7) is -1.00. The highest BCUT2D eigenvalue weighted by Crippen LogP contribution is 2.27. The fraction of sp³-hybridized carbons (Fsp3) is 0.222. The topological polar surface area (TPSA) is 81.2 Å². The molecule has 1 N–H and O–H groups in total. The van der Waals surface area contributed by atoms with Gasteiger partial charge in [-0.15, -0.1) is 0 Å². The number of nitrogens with one attached hydrogen (secondary N) is 1. The van der Waals surface area contributed by atoms with Gasteiger partial charge < -0.3 is 10.1 Å². The van der Waals surface area contributed by atoms with Gasteiger partial charge in [0.1, 0.15) is 17.9 Å². The second-order valence-corrected chi connectivity index (χ2v) is 8.00. The predicted molar refractivity (Wildman–Crippen MR) is 97.8 cm³/mol. The smallest absolute Gasteiger partial charge is 0.387 e. The van der Waals surface area contributed by atoms with Crippen molar-refractivity contribution in [1.82, 2.24) is 9.97 Å². The Hall–Kier alpha value is -2.81. The Bertz CT molecular complexity index is 1060. The van der Waals surface area contributed by atoms with Gasteiger partial charge in [-0.1, -0.05) is 12.1 Å². The van der Waals surface area contributed by atoms with Crippen LogP contribution in [0.4, 0.5) is 14.6 Å². The lowest BCUT2D eigenvalue weighted by molar-refractivity contribution is -0.0498. The van der Waals surface area contributed by atoms with Crippen molar-refractivity contribution in [3.05, 3.63) is 54.4 Å². The number of halogens is 2. The number of nitrogens with zero attached hydrogens (tertiary/aromatic N) is 2. The fourth-order valence-electron chi connectivity index (χ4n) is 2.61. The molecule has 0 aliphatic rings. The zero-order valence-electron chi connectivity index (χ0n) is 14.6. The van der Waals surface area contributed by atoms with E-state index in [1.165, 1.54) is 30.6 Å². The first-order chi connectivity index (χ1) is 12.7. The van der Waals surface area contributed by atoms with Crippen LogP contribution in [0.2, 0.25) is 0 Å². The molecule has 2 aromatic carbocycles. The number of sulfone groups is 1. The largest absolute Gasteiger partial charge is 0.435 e. The van der Waals surface area contributed by atoms with Crippen molar-refractivity contribution in [2.45, 2.75) is 24.5 Å². The minimum absolute atomic E-state index is 0.0752. The quantitative estimate of drug-likeness (QED) is 0.686. The summed E-state index contributed by atoms with van der Waals surface area (Å²) in [5.74, 6) is 0.553. The van der Waals surface area contributed by atoms with Crippen LogP contribution >= 0.6 is 0 Å². The van der Waals surface area contributed by atoms with Crippen LogP contribution in [0.5, 0.6) is 5.75 Å². The third-order valence-electron chi connectivity index (χ3n) is 3.99. The molecular weight excluding hydrogens is 376 g/mol. The van der Waals surface area contributed by atoms with Gasteiger partial charge in [0, 0.05) is 17.7 Å². The van der Waals surface area contributed by atoms with Crippen molar-refractivity contribution in [1.29, 1.82) is 0 Å². The summed E-state index contributed by atoms with van der Waals surface area (Å²) in [6, 6.07) is 10.7. The minimum Gasteiger partial charge on any atom is -0.435 e. The number of ether oxygens (including phenoxy) is 1. The third kappa shape index (κ3) is 4.48. The van der Waals surface area contributed by atoms with Gasteiger partial charge in [0.15, 0.2) is 9.84 Å². The van der Waals surface area contributed by atoms with E-state index in [0.29, 0.717) is 16.7 Å². The van der Waals surface area contributed by atoms with E-state index >= 15 is 0 Å². The monoisotopic (exact) mass is 393 g/mol. The van der Waals surface area contributed by atoms with E-state index in [-0.39, 0.29) is 16.7 Å². The van der Waals surface area contributed by atoms with Crippen molar-refractivity contribution >= 4 is 26.6 Å². The molecule has 1 unspecified atom stereocenters. The van der Waals surface area contributed by atoms with Crippen molar-refractivity contribution < 1.29 is 21.9 Å². The van der Waals surface area contributed by atoms with Crippen molar-refractivity contribution in [3.63, 3.8) is 0 Å². The van der Waals surface area contributed by atoms with Crippen LogP contribution in [0.25, 0.3) is 10.9 Å². The molecular formula is C18H17F2N3O3S. The number of rotatable bonds is 6. The van der Waals surface area contributed by atoms with Crippen LogP contribution in [-0.4, -0.2) is 31.3 Å². The predicted octanol–water partition coefficient (Wildman–Crippen LogP) is 3.81. The standard InChI is InChI=1S/C18H17F2N3O3S/c1-11(12-3-5-13(6-4-12)26-18(19)20)23-17-15-9-14(27(2,24)25)7-8-16(15)21-10-22-17/h3-11,18H,1-2H3,(H,21,22,23). The molecule has 6 nitrogen and oxygen atoms in total. The SMILES string of the molecule is CC(Nc1ncnc2ccc(S(C)(=O)=O)cc12)c1ccc(OC(F)F)cc1. The fourth-order valence-corrected chi connectivity index (χ4v) is 3.25. The highest BCUT2D eigenvalue weighted by molar-refractivity contribution is 7.90. The number of hydrogen-bond donors (Lipinski definition) is 1. The second-order valence-electron chi connectivity index (χ2n) is 5.99. The van der Waals surface area contributed by atoms with Crippen molar-refractivity contribution in [2.75, 3.05) is 11.6 Å². The average Bonchev–Trinajstić information content (AvgIpc) is 2.61. The summed E-state index contributed by atoms with van der Waals surface area (Å²) in [6.07, 6.45) is 2.52. The summed E-state index contributed by atoms with van der Waals surface area (Å²) in [7, 11) is -3.36. The van der Waals surface area contributed by atoms with Gasteiger partial charge in [0.05, 0.1) is 10.4 Å². The van der Waals surface area contributed by atoms with E-state index in [4.69, 9.17) is 0 Å². The number of hydrogen-bond acceptors (Lipinski definition) is 6. The summed E-state index contributed by atoms with van der Waals surface area (Å²) >= 11 is 0. The number of fused-ring (bicyclic) bond motifs is 1. The van der Waals surface area contributed by atoms with Gasteiger partial charge in [0.25, 0.3) is 0 Å². The molecule has 0 aliphatic heterocycles. The summed E-state index contributed by atoms with van der Waals surface area (Å²) in [5.41, 5.74) is 1.43. The molecule has 9 heteroatoms. The first-order valence-electron chi connectivity index (χ1n) is 8.00. The lowest BCUT2D eigenvalue weighted by Gasteiger charge is -2.17. The maximum absolute atomic E-state index is 12.2. The molecule has 1 aromatic heterocycles. The number of aromatic nitrogens is 2. The van der Waals surface area contributed by atoms with Gasteiger partial charge in [-0.3, -0.25) is 0 Å². The highest BCUT2D eigenvalue weighted by Gasteiger charge is 2.13. The molecule has 1 atom stereocenters. The van der Waals surface area contributed by atoms with Crippen LogP contribution < -0.4 is 10.1 Å². The van der Waals surface area contributed by atoms with Gasteiger partial charge in [-0.05, 0) is 42.8 Å². The van der Waals surface area contributed by atoms with Crippen LogP contribution in [-0.2, 0) is 9.84 Å². The Kier molecular flexibility index (Phi) is 5.22. The minimum atomic E-state index is -3.36. The molecule has 0 bridgehead atoms. The normalized spacial score (nSPS) is 12.9. The first kappa shape index (κ1) is 19.0. The summed E-state index contributed by atoms with van der Waals surface area (Å²) in [4.78, 5) is 8.54. The molecule has 0 fully saturated rings. The molecule has 1 heterocycles. The maximum Gasteiger partial charge on any atom is 0.387 e. The molecule has 0 spiro atoms. The Labute approximate surface area is 155 Å². The maximum atomic E-state index is 12.2. The van der Waals surface area contributed by atoms with E-state index in [1.807, 2.05) is 6.92 Å². The molecule has 3 rings (SSSR count). The third-order valence-corrected chi connectivity index (χ3v) is 5.10. The second kappa shape index (κ2) is 7.43. The lowest BCUT2D eigenvalue weighted by Crippen LogP contribution is -2.09. The van der Waals surface area contributed by atoms with Crippen LogP contribution in [0.1, 0.15) is 18.5 Å². The van der Waals surface area contributed by atoms with Gasteiger partial charge in [0.2, 0.25) is 0 Å². The molecule has 0 radical (unpaired) electrons. The van der Waals surface area contributed by atoms with Gasteiger partial charge >= 0.3 is 6.61 Å². The number of benzene rings is 2. The molecule has 0 saturated carbocycles. The Morgan fingerprint density at radius 1 is 1.07 bits per heavy atom. The number of alkyl halides is 2. The average molecular weight is 393 g/mol. The Morgan fingerprint density at radius 3 is 2.41 bits per heavy atom. The summed E-state index contributed by atoms with van der Waals surface area (Å²) in [5, 5.41) is 3.78. The van der Waals surface area contributed by atoms with E-state index in [2.05, 4.69) is 20.0 Å². The van der Waals surface area contributed by atoms with Crippen LogP contribution in [0.3, 0.4) is 0 Å². The highest BCUT2D eigenvalue weighted by atomic mass is 32.2. The first-order valence-corrected chi connectivity index (χ1v) is 9.89. The molecule has 27 heavy (non-hydrogen) atoms.